The lowest BCUT2D eigenvalue weighted by atomic mass is 10.2. The van der Waals surface area contributed by atoms with Gasteiger partial charge in [0.15, 0.2) is 0 Å². The van der Waals surface area contributed by atoms with E-state index in [2.05, 4.69) is 0 Å². The molecule has 1 aromatic carbocycles. The molecule has 0 aliphatic carbocycles. The Morgan fingerprint density at radius 2 is 2.22 bits per heavy atom. The number of hydrogen-bond acceptors (Lipinski definition) is 4. The van der Waals surface area contributed by atoms with Gasteiger partial charge in [-0.05, 0) is 13.0 Å². The maximum absolute atomic E-state index is 10.8. The molecule has 0 fully saturated rings. The van der Waals surface area contributed by atoms with Crippen molar-refractivity contribution in [2.45, 2.75) is 6.92 Å². The zero-order valence-corrected chi connectivity index (χ0v) is 10.6. The van der Waals surface area contributed by atoms with Gasteiger partial charge in [0.25, 0.3) is 5.69 Å². The van der Waals surface area contributed by atoms with Crippen LogP contribution < -0.4 is 10.2 Å². The molecular weight excluding hydrogens is 262 g/mol. The smallest absolute Gasteiger partial charge is 0.409 e. The van der Waals surface area contributed by atoms with Crippen molar-refractivity contribution in [1.29, 1.82) is 0 Å². The number of benzene rings is 1. The van der Waals surface area contributed by atoms with Crippen LogP contribution in [0.3, 0.4) is 0 Å². The molecule has 0 saturated carbocycles. The molecule has 1 amide bonds. The number of nitro groups is 1. The van der Waals surface area contributed by atoms with Crippen molar-refractivity contribution in [3.05, 3.63) is 27.3 Å². The van der Waals surface area contributed by atoms with Gasteiger partial charge in [0.05, 0.1) is 15.6 Å². The Labute approximate surface area is 108 Å². The molecule has 0 aliphatic rings. The molecule has 0 radical (unpaired) electrons. The third kappa shape index (κ3) is 3.01. The van der Waals surface area contributed by atoms with E-state index in [1.807, 2.05) is 12.2 Å². The highest BCUT2D eigenvalue weighted by Crippen LogP contribution is 2.35. The number of rotatable bonds is 4. The summed E-state index contributed by atoms with van der Waals surface area (Å²) >= 11 is 5.93. The number of nitrogens with zero attached hydrogens (tertiary/aromatic N) is 2. The highest BCUT2D eigenvalue weighted by atomic mass is 35.5. The first-order valence-corrected chi connectivity index (χ1v) is 5.43. The fourth-order valence-electron chi connectivity index (χ4n) is 1.38. The summed E-state index contributed by atoms with van der Waals surface area (Å²) in [6, 6.07) is 2.48. The molecule has 0 unspecified atom stereocenters. The molecule has 8 heteroatoms. The molecular formula is C10H12ClN3O4. The fraction of sp³-hybridized carbons (Fsp3) is 0.300. The monoisotopic (exact) mass is 273 g/mol. The summed E-state index contributed by atoms with van der Waals surface area (Å²) in [6.45, 7) is 2.51. The molecule has 7 nitrogen and oxygen atoms in total. The zero-order valence-electron chi connectivity index (χ0n) is 9.81. The molecule has 1 aromatic rings. The lowest BCUT2D eigenvalue weighted by Gasteiger charge is -2.19. The number of halogens is 1. The van der Waals surface area contributed by atoms with Crippen molar-refractivity contribution in [1.82, 2.24) is 0 Å². The lowest BCUT2D eigenvalue weighted by molar-refractivity contribution is -0.383. The SMILES string of the molecule is CCN(C)c1cc(NC(=O)O)c([N+](=O)[O-])cc1Cl. The maximum Gasteiger partial charge on any atom is 0.409 e. The Bertz CT molecular complexity index is 492. The van der Waals surface area contributed by atoms with Crippen molar-refractivity contribution in [3.63, 3.8) is 0 Å². The van der Waals surface area contributed by atoms with Crippen molar-refractivity contribution in [2.24, 2.45) is 0 Å². The summed E-state index contributed by atoms with van der Waals surface area (Å²) < 4.78 is 0. The predicted octanol–water partition coefficient (Wildman–Crippen LogP) is 2.79. The maximum atomic E-state index is 10.8. The van der Waals surface area contributed by atoms with Crippen LogP contribution in [-0.2, 0) is 0 Å². The van der Waals surface area contributed by atoms with Crippen molar-refractivity contribution in [2.75, 3.05) is 23.8 Å². The normalized spacial score (nSPS) is 9.94. The molecule has 1 rings (SSSR count). The van der Waals surface area contributed by atoms with E-state index < -0.39 is 11.0 Å². The molecule has 0 aliphatic heterocycles. The standard InChI is InChI=1S/C10H12ClN3O4/c1-3-13(2)8-5-7(12-10(15)16)9(14(17)18)4-6(8)11/h4-5,12H,3H2,1-2H3,(H,15,16). The molecule has 98 valence electrons. The second kappa shape index (κ2) is 5.54. The van der Waals surface area contributed by atoms with Gasteiger partial charge in [-0.3, -0.25) is 15.4 Å². The first kappa shape index (κ1) is 14.0. The minimum absolute atomic E-state index is 0.104. The highest BCUT2D eigenvalue weighted by Gasteiger charge is 2.20. The summed E-state index contributed by atoms with van der Waals surface area (Å²) in [5, 5.41) is 21.6. The topological polar surface area (TPSA) is 95.7 Å². The van der Waals surface area contributed by atoms with Gasteiger partial charge in [0.1, 0.15) is 5.69 Å². The molecule has 0 saturated heterocycles. The van der Waals surface area contributed by atoms with E-state index in [4.69, 9.17) is 16.7 Å². The number of carbonyl (C=O) groups is 1. The number of carboxylic acid groups (broad SMARTS) is 1. The number of nitrogens with one attached hydrogen (secondary N) is 1. The van der Waals surface area contributed by atoms with E-state index in [1.165, 1.54) is 6.07 Å². The Hall–Kier alpha value is -2.02. The number of nitro benzene ring substituents is 1. The summed E-state index contributed by atoms with van der Waals surface area (Å²) in [5.74, 6) is 0. The van der Waals surface area contributed by atoms with Crippen molar-refractivity contribution < 1.29 is 14.8 Å². The molecule has 0 spiro atoms. The van der Waals surface area contributed by atoms with E-state index in [0.717, 1.165) is 6.07 Å². The molecule has 0 heterocycles. The number of anilines is 2. The summed E-state index contributed by atoms with van der Waals surface area (Å²) in [7, 11) is 1.75. The quantitative estimate of drug-likeness (QED) is 0.649. The Kier molecular flexibility index (Phi) is 4.33. The lowest BCUT2D eigenvalue weighted by Crippen LogP contribution is -2.17. The van der Waals surface area contributed by atoms with Gasteiger partial charge in [-0.1, -0.05) is 11.6 Å². The van der Waals surface area contributed by atoms with E-state index in [9.17, 15) is 14.9 Å². The van der Waals surface area contributed by atoms with Crippen LogP contribution in [0.1, 0.15) is 6.92 Å². The second-order valence-electron chi connectivity index (χ2n) is 3.52. The average molecular weight is 274 g/mol. The fourth-order valence-corrected chi connectivity index (χ4v) is 1.68. The minimum Gasteiger partial charge on any atom is -0.465 e. The van der Waals surface area contributed by atoms with Crippen LogP contribution in [-0.4, -0.2) is 29.7 Å². The van der Waals surface area contributed by atoms with Crippen LogP contribution in [0.25, 0.3) is 0 Å². The van der Waals surface area contributed by atoms with Gasteiger partial charge in [-0.25, -0.2) is 4.79 Å². The van der Waals surface area contributed by atoms with Crippen LogP contribution in [0.4, 0.5) is 21.9 Å². The summed E-state index contributed by atoms with van der Waals surface area (Å²) in [4.78, 5) is 22.5. The Morgan fingerprint density at radius 1 is 1.61 bits per heavy atom. The Morgan fingerprint density at radius 3 is 2.67 bits per heavy atom. The highest BCUT2D eigenvalue weighted by molar-refractivity contribution is 6.33. The van der Waals surface area contributed by atoms with Crippen molar-refractivity contribution in [3.8, 4) is 0 Å². The van der Waals surface area contributed by atoms with Crippen LogP contribution in [0.2, 0.25) is 5.02 Å². The summed E-state index contributed by atoms with van der Waals surface area (Å²) in [6.07, 6.45) is -1.37. The van der Waals surface area contributed by atoms with Gasteiger partial charge >= 0.3 is 6.09 Å². The van der Waals surface area contributed by atoms with E-state index in [1.54, 1.807) is 11.9 Å². The van der Waals surface area contributed by atoms with E-state index in [0.29, 0.717) is 12.2 Å². The minimum atomic E-state index is -1.37. The summed E-state index contributed by atoms with van der Waals surface area (Å²) in [5.41, 5.74) is 0.0383. The van der Waals surface area contributed by atoms with Gasteiger partial charge in [-0.15, -0.1) is 0 Å². The zero-order chi connectivity index (χ0) is 13.9. The molecule has 0 bridgehead atoms. The van der Waals surface area contributed by atoms with Crippen LogP contribution in [0.5, 0.6) is 0 Å². The van der Waals surface area contributed by atoms with Gasteiger partial charge in [-0.2, -0.15) is 0 Å². The largest absolute Gasteiger partial charge is 0.465 e. The molecule has 0 aromatic heterocycles. The molecule has 0 atom stereocenters. The van der Waals surface area contributed by atoms with Crippen molar-refractivity contribution >= 4 is 34.8 Å². The van der Waals surface area contributed by atoms with E-state index >= 15 is 0 Å². The second-order valence-corrected chi connectivity index (χ2v) is 3.93. The number of amides is 1. The van der Waals surface area contributed by atoms with Gasteiger partial charge in [0.2, 0.25) is 0 Å². The first-order valence-electron chi connectivity index (χ1n) is 5.05. The number of hydrogen-bond donors (Lipinski definition) is 2. The van der Waals surface area contributed by atoms with Crippen LogP contribution >= 0.6 is 11.6 Å². The molecule has 18 heavy (non-hydrogen) atoms. The third-order valence-electron chi connectivity index (χ3n) is 2.39. The average Bonchev–Trinajstić information content (AvgIpc) is 2.29. The predicted molar refractivity (Wildman–Crippen MR) is 68.7 cm³/mol. The third-order valence-corrected chi connectivity index (χ3v) is 2.69. The van der Waals surface area contributed by atoms with E-state index in [-0.39, 0.29) is 16.4 Å². The van der Waals surface area contributed by atoms with Gasteiger partial charge in [0, 0.05) is 19.7 Å². The van der Waals surface area contributed by atoms with Crippen LogP contribution in [0.15, 0.2) is 12.1 Å². The first-order chi connectivity index (χ1) is 8.36. The van der Waals surface area contributed by atoms with Gasteiger partial charge < -0.3 is 10.0 Å². The molecule has 2 N–H and O–H groups in total. The Balaban J connectivity index is 3.35. The van der Waals surface area contributed by atoms with Crippen LogP contribution in [0, 0.1) is 10.1 Å².